The molecule has 0 aromatic heterocycles. The van der Waals surface area contributed by atoms with Crippen LogP contribution in [0.25, 0.3) is 0 Å². The molecule has 1 heterocycles. The SMILES string of the molecule is CC(C)(C)OC(=O)N1CC[C@H](N)c2c(I)ccc(Cl)c2C1. The van der Waals surface area contributed by atoms with E-state index in [1.807, 2.05) is 32.9 Å². The minimum Gasteiger partial charge on any atom is -0.444 e. The topological polar surface area (TPSA) is 55.6 Å². The summed E-state index contributed by atoms with van der Waals surface area (Å²) in [6, 6.07) is 3.70. The van der Waals surface area contributed by atoms with Crippen LogP contribution in [0.3, 0.4) is 0 Å². The van der Waals surface area contributed by atoms with Crippen molar-refractivity contribution < 1.29 is 9.53 Å². The molecule has 0 unspecified atom stereocenters. The maximum absolute atomic E-state index is 12.3. The Labute approximate surface area is 144 Å². The summed E-state index contributed by atoms with van der Waals surface area (Å²) in [5, 5.41) is 0.649. The van der Waals surface area contributed by atoms with Gasteiger partial charge in [0, 0.05) is 21.2 Å². The van der Waals surface area contributed by atoms with E-state index in [-0.39, 0.29) is 12.1 Å². The van der Waals surface area contributed by atoms with Crippen molar-refractivity contribution in [3.05, 3.63) is 31.9 Å². The van der Waals surface area contributed by atoms with Crippen molar-refractivity contribution in [1.29, 1.82) is 0 Å². The van der Waals surface area contributed by atoms with Crippen LogP contribution in [0.2, 0.25) is 5.02 Å². The lowest BCUT2D eigenvalue weighted by molar-refractivity contribution is 0.0235. The van der Waals surface area contributed by atoms with Crippen molar-refractivity contribution in [2.24, 2.45) is 5.73 Å². The van der Waals surface area contributed by atoms with Gasteiger partial charge in [-0.2, -0.15) is 0 Å². The van der Waals surface area contributed by atoms with E-state index >= 15 is 0 Å². The van der Waals surface area contributed by atoms with Crippen molar-refractivity contribution in [3.8, 4) is 0 Å². The van der Waals surface area contributed by atoms with Gasteiger partial charge in [0.15, 0.2) is 0 Å². The number of hydrogen-bond donors (Lipinski definition) is 1. The summed E-state index contributed by atoms with van der Waals surface area (Å²) in [5.41, 5.74) is 7.73. The number of nitrogens with zero attached hydrogens (tertiary/aromatic N) is 1. The van der Waals surface area contributed by atoms with Crippen LogP contribution in [0, 0.1) is 3.57 Å². The number of rotatable bonds is 0. The van der Waals surface area contributed by atoms with Gasteiger partial charge in [-0.1, -0.05) is 11.6 Å². The maximum atomic E-state index is 12.3. The number of carbonyl (C=O) groups is 1. The molecule has 116 valence electrons. The fraction of sp³-hybridized carbons (Fsp3) is 0.533. The second-order valence-corrected chi connectivity index (χ2v) is 7.79. The lowest BCUT2D eigenvalue weighted by Crippen LogP contribution is -2.36. The number of halogens is 2. The number of hydrogen-bond acceptors (Lipinski definition) is 3. The van der Waals surface area contributed by atoms with Crippen LogP contribution in [-0.4, -0.2) is 23.1 Å². The van der Waals surface area contributed by atoms with Gasteiger partial charge in [-0.3, -0.25) is 0 Å². The minimum absolute atomic E-state index is 0.113. The predicted octanol–water partition coefficient (Wildman–Crippen LogP) is 4.09. The number of amides is 1. The second kappa shape index (κ2) is 6.30. The van der Waals surface area contributed by atoms with E-state index in [1.165, 1.54) is 0 Å². The van der Waals surface area contributed by atoms with E-state index in [9.17, 15) is 4.79 Å². The summed E-state index contributed by atoms with van der Waals surface area (Å²) < 4.78 is 6.54. The molecule has 2 rings (SSSR count). The molecule has 0 saturated carbocycles. The Hall–Kier alpha value is -0.530. The Morgan fingerprint density at radius 3 is 2.76 bits per heavy atom. The molecule has 0 bridgehead atoms. The maximum Gasteiger partial charge on any atom is 0.410 e. The number of benzene rings is 1. The van der Waals surface area contributed by atoms with Gasteiger partial charge < -0.3 is 15.4 Å². The van der Waals surface area contributed by atoms with Crippen LogP contribution in [0.4, 0.5) is 4.79 Å². The number of nitrogens with two attached hydrogens (primary N) is 1. The first kappa shape index (κ1) is 16.8. The van der Waals surface area contributed by atoms with Gasteiger partial charge in [-0.15, -0.1) is 0 Å². The monoisotopic (exact) mass is 422 g/mol. The third-order valence-electron chi connectivity index (χ3n) is 3.33. The fourth-order valence-electron chi connectivity index (χ4n) is 2.36. The quantitative estimate of drug-likeness (QED) is 0.641. The van der Waals surface area contributed by atoms with Crippen LogP contribution < -0.4 is 5.73 Å². The second-order valence-electron chi connectivity index (χ2n) is 6.22. The molecule has 0 radical (unpaired) electrons. The molecule has 0 saturated heterocycles. The van der Waals surface area contributed by atoms with Gasteiger partial charge in [0.25, 0.3) is 0 Å². The summed E-state index contributed by atoms with van der Waals surface area (Å²) in [6.45, 7) is 6.58. The standard InChI is InChI=1S/C15H20ClIN2O2/c1-15(2,3)21-14(20)19-7-6-12(18)13-9(8-19)10(16)4-5-11(13)17/h4-5,12H,6-8,18H2,1-3H3/t12-/m0/s1. The first-order valence-corrected chi connectivity index (χ1v) is 8.35. The molecule has 0 fully saturated rings. The zero-order chi connectivity index (χ0) is 15.8. The van der Waals surface area contributed by atoms with E-state index in [1.54, 1.807) is 4.90 Å². The average molecular weight is 423 g/mol. The van der Waals surface area contributed by atoms with Crippen molar-refractivity contribution in [2.75, 3.05) is 6.54 Å². The number of fused-ring (bicyclic) bond motifs is 1. The molecule has 0 spiro atoms. The summed E-state index contributed by atoms with van der Waals surface area (Å²) in [7, 11) is 0. The van der Waals surface area contributed by atoms with Crippen LogP contribution in [0.1, 0.15) is 44.4 Å². The molecular formula is C15H20ClIN2O2. The van der Waals surface area contributed by atoms with E-state index in [4.69, 9.17) is 22.1 Å². The third kappa shape index (κ3) is 4.02. The van der Waals surface area contributed by atoms with Gasteiger partial charge in [-0.25, -0.2) is 4.79 Å². The fourth-order valence-corrected chi connectivity index (χ4v) is 3.49. The lowest BCUT2D eigenvalue weighted by Gasteiger charge is -2.26. The molecule has 1 aromatic carbocycles. The third-order valence-corrected chi connectivity index (χ3v) is 4.62. The minimum atomic E-state index is -0.511. The Kier molecular flexibility index (Phi) is 5.05. The summed E-state index contributed by atoms with van der Waals surface area (Å²) >= 11 is 8.58. The zero-order valence-electron chi connectivity index (χ0n) is 12.5. The Balaban J connectivity index is 2.31. The molecule has 1 aliphatic rings. The highest BCUT2D eigenvalue weighted by Crippen LogP contribution is 2.34. The molecular weight excluding hydrogens is 403 g/mol. The highest BCUT2D eigenvalue weighted by Gasteiger charge is 2.29. The highest BCUT2D eigenvalue weighted by molar-refractivity contribution is 14.1. The summed E-state index contributed by atoms with van der Waals surface area (Å²) in [4.78, 5) is 14.0. The molecule has 1 aromatic rings. The van der Waals surface area contributed by atoms with Crippen LogP contribution in [0.5, 0.6) is 0 Å². The molecule has 21 heavy (non-hydrogen) atoms. The van der Waals surface area contributed by atoms with Crippen LogP contribution >= 0.6 is 34.2 Å². The van der Waals surface area contributed by atoms with Gasteiger partial charge in [0.1, 0.15) is 5.60 Å². The summed E-state index contributed by atoms with van der Waals surface area (Å²) in [5.74, 6) is 0. The smallest absolute Gasteiger partial charge is 0.410 e. The molecule has 1 amide bonds. The van der Waals surface area contributed by atoms with Gasteiger partial charge in [-0.05, 0) is 73.0 Å². The largest absolute Gasteiger partial charge is 0.444 e. The van der Waals surface area contributed by atoms with E-state index < -0.39 is 5.60 Å². The van der Waals surface area contributed by atoms with Crippen LogP contribution in [-0.2, 0) is 11.3 Å². The van der Waals surface area contributed by atoms with Gasteiger partial charge in [0.2, 0.25) is 0 Å². The van der Waals surface area contributed by atoms with Crippen LogP contribution in [0.15, 0.2) is 12.1 Å². The van der Waals surface area contributed by atoms with E-state index in [0.29, 0.717) is 24.5 Å². The average Bonchev–Trinajstić information content (AvgIpc) is 2.52. The van der Waals surface area contributed by atoms with Crippen molar-refractivity contribution >= 4 is 40.3 Å². The first-order chi connectivity index (χ1) is 9.69. The predicted molar refractivity (Wildman–Crippen MR) is 92.4 cm³/mol. The van der Waals surface area contributed by atoms with Gasteiger partial charge >= 0.3 is 6.09 Å². The Morgan fingerprint density at radius 1 is 1.48 bits per heavy atom. The van der Waals surface area contributed by atoms with Crippen molar-refractivity contribution in [3.63, 3.8) is 0 Å². The Morgan fingerprint density at radius 2 is 2.14 bits per heavy atom. The molecule has 0 aliphatic carbocycles. The van der Waals surface area contributed by atoms with Gasteiger partial charge in [0.05, 0.1) is 6.54 Å². The summed E-state index contributed by atoms with van der Waals surface area (Å²) in [6.07, 6.45) is 0.375. The molecule has 2 N–H and O–H groups in total. The molecule has 6 heteroatoms. The zero-order valence-corrected chi connectivity index (χ0v) is 15.4. The molecule has 4 nitrogen and oxygen atoms in total. The number of carbonyl (C=O) groups excluding carboxylic acids is 1. The van der Waals surface area contributed by atoms with E-state index in [2.05, 4.69) is 22.6 Å². The first-order valence-electron chi connectivity index (χ1n) is 6.89. The Bertz CT molecular complexity index is 557. The molecule has 1 aliphatic heterocycles. The van der Waals surface area contributed by atoms with E-state index in [0.717, 1.165) is 14.7 Å². The van der Waals surface area contributed by atoms with Crippen molar-refractivity contribution in [1.82, 2.24) is 4.90 Å². The van der Waals surface area contributed by atoms with Crippen molar-refractivity contribution in [2.45, 2.75) is 45.4 Å². The number of ether oxygens (including phenoxy) is 1. The normalized spacial score (nSPS) is 19.0. The molecule has 1 atom stereocenters. The highest BCUT2D eigenvalue weighted by atomic mass is 127. The lowest BCUT2D eigenvalue weighted by atomic mass is 10.0.